The number of sulfone groups is 1. The van der Waals surface area contributed by atoms with Gasteiger partial charge in [0.25, 0.3) is 11.6 Å². The second-order valence-corrected chi connectivity index (χ2v) is 15.2. The third-order valence-corrected chi connectivity index (χ3v) is 10.8. The van der Waals surface area contributed by atoms with E-state index in [1.54, 1.807) is 18.2 Å². The highest BCUT2D eigenvalue weighted by Crippen LogP contribution is 2.40. The van der Waals surface area contributed by atoms with Crippen LogP contribution in [0.2, 0.25) is 10.0 Å². The van der Waals surface area contributed by atoms with Crippen LogP contribution < -0.4 is 10.6 Å². The maximum Gasteiger partial charge on any atom is 0.491 e. The molecule has 3 aromatic rings. The molecule has 1 saturated heterocycles. The molecule has 1 aliphatic carbocycles. The Kier molecular flexibility index (Phi) is 10.3. The summed E-state index contributed by atoms with van der Waals surface area (Å²) >= 11 is 12.5. The molecule has 0 radical (unpaired) electrons. The minimum Gasteiger partial charge on any atom is -0.423 e. The lowest BCUT2D eigenvalue weighted by molar-refractivity contribution is -0.211. The average molecular weight is 717 g/mol. The number of esters is 1. The molecule has 4 atom stereocenters. The van der Waals surface area contributed by atoms with Gasteiger partial charge in [0.05, 0.1) is 21.2 Å². The molecular weight excluding hydrogens is 682 g/mol. The van der Waals surface area contributed by atoms with Crippen molar-refractivity contribution in [3.05, 3.63) is 58.8 Å². The zero-order chi connectivity index (χ0) is 34.1. The number of fused-ring (bicyclic) bond motifs is 1. The van der Waals surface area contributed by atoms with Gasteiger partial charge < -0.3 is 20.3 Å². The van der Waals surface area contributed by atoms with E-state index in [0.29, 0.717) is 31.7 Å². The molecule has 0 spiro atoms. The number of anilines is 1. The van der Waals surface area contributed by atoms with Crippen molar-refractivity contribution < 1.29 is 35.9 Å². The van der Waals surface area contributed by atoms with Crippen molar-refractivity contribution in [2.45, 2.75) is 68.4 Å². The number of rotatable bonds is 10. The van der Waals surface area contributed by atoms with Gasteiger partial charge in [0, 0.05) is 35.5 Å². The fourth-order valence-corrected chi connectivity index (χ4v) is 8.53. The number of hydrogen-bond acceptors (Lipinski definition) is 9. The lowest BCUT2D eigenvalue weighted by Crippen LogP contribution is -2.56. The maximum atomic E-state index is 14.3. The predicted molar refractivity (Wildman–Crippen MR) is 171 cm³/mol. The lowest BCUT2D eigenvalue weighted by Gasteiger charge is -2.42. The second-order valence-electron chi connectivity index (χ2n) is 12.3. The van der Waals surface area contributed by atoms with Crippen LogP contribution in [-0.2, 0) is 24.2 Å². The summed E-state index contributed by atoms with van der Waals surface area (Å²) in [6.07, 6.45) is -3.31. The summed E-state index contributed by atoms with van der Waals surface area (Å²) < 4.78 is 72.8. The molecule has 254 valence electrons. The van der Waals surface area contributed by atoms with Crippen molar-refractivity contribution in [3.63, 3.8) is 0 Å². The van der Waals surface area contributed by atoms with E-state index in [2.05, 4.69) is 34.4 Å². The van der Waals surface area contributed by atoms with Gasteiger partial charge in [-0.15, -0.1) is 0 Å². The average Bonchev–Trinajstić information content (AvgIpc) is 3.31. The van der Waals surface area contributed by atoms with Gasteiger partial charge in [0.2, 0.25) is 0 Å². The molecule has 1 saturated carbocycles. The molecule has 10 nitrogen and oxygen atoms in total. The molecule has 0 unspecified atom stereocenters. The largest absolute Gasteiger partial charge is 0.491 e. The minimum atomic E-state index is -5.41. The molecule has 2 aliphatic rings. The van der Waals surface area contributed by atoms with Crippen LogP contribution in [0.25, 0.3) is 10.9 Å². The van der Waals surface area contributed by atoms with E-state index in [0.717, 1.165) is 6.33 Å². The number of ether oxygens (including phenoxy) is 1. The van der Waals surface area contributed by atoms with Crippen LogP contribution in [0.1, 0.15) is 39.5 Å². The Bertz CT molecular complexity index is 1750. The van der Waals surface area contributed by atoms with Gasteiger partial charge >= 0.3 is 12.1 Å². The van der Waals surface area contributed by atoms with Crippen LogP contribution >= 0.6 is 23.2 Å². The van der Waals surface area contributed by atoms with Crippen molar-refractivity contribution >= 4 is 61.6 Å². The number of halogens is 5. The van der Waals surface area contributed by atoms with E-state index in [1.165, 1.54) is 29.2 Å². The number of aromatic nitrogens is 2. The monoisotopic (exact) mass is 715 g/mol. The van der Waals surface area contributed by atoms with Crippen LogP contribution in [0.4, 0.5) is 19.0 Å². The highest BCUT2D eigenvalue weighted by atomic mass is 35.5. The van der Waals surface area contributed by atoms with E-state index in [9.17, 15) is 31.2 Å². The molecule has 1 amide bonds. The van der Waals surface area contributed by atoms with Gasteiger partial charge in [-0.05, 0) is 61.9 Å². The molecule has 1 aromatic heterocycles. The second kappa shape index (κ2) is 13.7. The lowest BCUT2D eigenvalue weighted by atomic mass is 9.81. The van der Waals surface area contributed by atoms with Crippen molar-refractivity contribution in [3.8, 4) is 0 Å². The van der Waals surface area contributed by atoms with Crippen LogP contribution in [-0.4, -0.2) is 78.0 Å². The summed E-state index contributed by atoms with van der Waals surface area (Å²) in [5.41, 5.74) is -2.32. The molecule has 1 aliphatic heterocycles. The van der Waals surface area contributed by atoms with Crippen LogP contribution in [0.5, 0.6) is 0 Å². The zero-order valence-electron chi connectivity index (χ0n) is 25.6. The number of nitrogens with one attached hydrogen (secondary N) is 2. The van der Waals surface area contributed by atoms with Crippen molar-refractivity contribution in [2.75, 3.05) is 24.2 Å². The van der Waals surface area contributed by atoms with Gasteiger partial charge in [-0.1, -0.05) is 55.2 Å². The van der Waals surface area contributed by atoms with Crippen molar-refractivity contribution in [2.24, 2.45) is 11.8 Å². The molecule has 2 heterocycles. The van der Waals surface area contributed by atoms with Gasteiger partial charge in [-0.3, -0.25) is 4.79 Å². The number of carbonyl (C=O) groups is 2. The summed E-state index contributed by atoms with van der Waals surface area (Å²) in [6.45, 7) is 4.70. The quantitative estimate of drug-likeness (QED) is 0.202. The number of benzene rings is 2. The van der Waals surface area contributed by atoms with E-state index in [-0.39, 0.29) is 56.4 Å². The number of amides is 1. The molecule has 2 aromatic carbocycles. The van der Waals surface area contributed by atoms with E-state index >= 15 is 0 Å². The number of hydrogen-bond donors (Lipinski definition) is 2. The fraction of sp³-hybridized carbons (Fsp3) is 0.484. The number of nitrogens with zero attached hydrogens (tertiary/aromatic N) is 3. The van der Waals surface area contributed by atoms with Crippen LogP contribution in [0.15, 0.2) is 53.7 Å². The smallest absolute Gasteiger partial charge is 0.423 e. The zero-order valence-corrected chi connectivity index (χ0v) is 27.9. The van der Waals surface area contributed by atoms with Gasteiger partial charge in [-0.25, -0.2) is 23.2 Å². The van der Waals surface area contributed by atoms with Crippen LogP contribution in [0, 0.1) is 11.8 Å². The summed E-state index contributed by atoms with van der Waals surface area (Å²) in [5.74, 6) is -4.17. The van der Waals surface area contributed by atoms with Crippen molar-refractivity contribution in [1.82, 2.24) is 20.2 Å². The number of carbonyl (C=O) groups excluding carboxylic acids is 2. The highest BCUT2D eigenvalue weighted by molar-refractivity contribution is 7.91. The maximum absolute atomic E-state index is 14.3. The highest BCUT2D eigenvalue weighted by Gasteiger charge is 2.57. The molecule has 2 N–H and O–H groups in total. The third kappa shape index (κ3) is 7.76. The molecule has 0 bridgehead atoms. The molecule has 5 rings (SSSR count). The molecule has 16 heteroatoms. The predicted octanol–water partition coefficient (Wildman–Crippen LogP) is 5.64. The van der Waals surface area contributed by atoms with E-state index in [1.807, 2.05) is 0 Å². The first kappa shape index (κ1) is 35.1. The van der Waals surface area contributed by atoms with Crippen molar-refractivity contribution in [1.29, 1.82) is 0 Å². The molecular formula is C31H34Cl2F3N5O5S. The summed E-state index contributed by atoms with van der Waals surface area (Å²) in [6, 6.07) is 10.1. The molecule has 2 fully saturated rings. The SMILES string of the molecule is CC(C)CN[C@@H]1CC[C@H](N2CC[C@](Nc3ncnc4c(Cl)cc(Cl)cc34)(OC(=O)C(F)(F)F)C2=O)[C@H](CS(=O)(=O)c2ccccc2)C1. The van der Waals surface area contributed by atoms with E-state index < -0.39 is 45.6 Å². The third-order valence-electron chi connectivity index (χ3n) is 8.48. The van der Waals surface area contributed by atoms with Gasteiger partial charge in [0.15, 0.2) is 9.84 Å². The topological polar surface area (TPSA) is 131 Å². The standard InChI is InChI=1S/C31H34Cl2F3N5O5S/c1-18(2)15-37-21-8-9-25(19(12-21)16-47(44,45)22-6-4-3-5-7-22)41-11-10-30(28(41)42,46-29(43)31(34,35)36)40-27-23-13-20(32)14-24(33)26(23)38-17-39-27/h3-7,13-14,17-19,21,25,37H,8-12,15-16H2,1-2H3,(H,38,39,40)/t19-,21+,25-,30-/m0/s1. The fourth-order valence-electron chi connectivity index (χ4n) is 6.30. The van der Waals surface area contributed by atoms with Crippen LogP contribution in [0.3, 0.4) is 0 Å². The summed E-state index contributed by atoms with van der Waals surface area (Å²) in [7, 11) is -3.80. The Hall–Kier alpha value is -3.20. The minimum absolute atomic E-state index is 0.0323. The Morgan fingerprint density at radius 1 is 1.15 bits per heavy atom. The number of alkyl halides is 3. The molecule has 47 heavy (non-hydrogen) atoms. The van der Waals surface area contributed by atoms with E-state index in [4.69, 9.17) is 27.9 Å². The first-order chi connectivity index (χ1) is 22.1. The normalized spacial score (nSPS) is 23.8. The Labute approximate surface area is 280 Å². The van der Waals surface area contributed by atoms with Gasteiger partial charge in [-0.2, -0.15) is 13.2 Å². The summed E-state index contributed by atoms with van der Waals surface area (Å²) in [4.78, 5) is 36.3. The summed E-state index contributed by atoms with van der Waals surface area (Å²) in [5, 5.41) is 6.63. The Morgan fingerprint density at radius 3 is 2.55 bits per heavy atom. The first-order valence-corrected chi connectivity index (χ1v) is 17.5. The Morgan fingerprint density at radius 2 is 1.87 bits per heavy atom. The number of likely N-dealkylation sites (tertiary alicyclic amines) is 1. The Balaban J connectivity index is 1.50. The van der Waals surface area contributed by atoms with Gasteiger partial charge in [0.1, 0.15) is 12.1 Å². The first-order valence-electron chi connectivity index (χ1n) is 15.1.